The van der Waals surface area contributed by atoms with Gasteiger partial charge in [-0.2, -0.15) is 0 Å². The average molecular weight is 248 g/mol. The molecule has 1 aliphatic heterocycles. The summed E-state index contributed by atoms with van der Waals surface area (Å²) in [6.45, 7) is 1.02. The van der Waals surface area contributed by atoms with Crippen molar-refractivity contribution < 1.29 is 9.90 Å². The molecule has 17 heavy (non-hydrogen) atoms. The second kappa shape index (κ2) is 4.09. The third-order valence-electron chi connectivity index (χ3n) is 3.02. The lowest BCUT2D eigenvalue weighted by Crippen LogP contribution is -2.12. The van der Waals surface area contributed by atoms with Gasteiger partial charge in [-0.1, -0.05) is 6.07 Å². The number of fused-ring (bicyclic) bond motifs is 1. The van der Waals surface area contributed by atoms with Crippen LogP contribution in [0.4, 0.5) is 0 Å². The van der Waals surface area contributed by atoms with E-state index in [4.69, 9.17) is 5.11 Å². The van der Waals surface area contributed by atoms with Gasteiger partial charge in [-0.15, -0.1) is 11.3 Å². The van der Waals surface area contributed by atoms with Crippen molar-refractivity contribution >= 4 is 27.5 Å². The van der Waals surface area contributed by atoms with Gasteiger partial charge in [0.2, 0.25) is 0 Å². The van der Waals surface area contributed by atoms with E-state index in [2.05, 4.69) is 10.3 Å². The van der Waals surface area contributed by atoms with Crippen molar-refractivity contribution in [3.63, 3.8) is 0 Å². The third kappa shape index (κ3) is 1.81. The maximum Gasteiger partial charge on any atom is 0.337 e. The fourth-order valence-corrected chi connectivity index (χ4v) is 3.36. The smallest absolute Gasteiger partial charge is 0.337 e. The molecule has 0 radical (unpaired) electrons. The molecule has 0 unspecified atom stereocenters. The Morgan fingerprint density at radius 1 is 1.53 bits per heavy atom. The number of aromatic nitrogens is 1. The highest BCUT2D eigenvalue weighted by Gasteiger charge is 2.21. The number of benzene rings is 1. The lowest BCUT2D eigenvalue weighted by Gasteiger charge is -2.03. The SMILES string of the molecule is O=C(O)c1cccc2nc([C@@H]3CCCN3)sc12. The molecule has 0 aliphatic carbocycles. The topological polar surface area (TPSA) is 62.2 Å². The van der Waals surface area contributed by atoms with Crippen molar-refractivity contribution in [1.29, 1.82) is 0 Å². The van der Waals surface area contributed by atoms with Crippen molar-refractivity contribution in [3.8, 4) is 0 Å². The van der Waals surface area contributed by atoms with E-state index in [0.717, 1.165) is 34.6 Å². The lowest BCUT2D eigenvalue weighted by atomic mass is 10.2. The minimum absolute atomic E-state index is 0.300. The summed E-state index contributed by atoms with van der Waals surface area (Å²) in [7, 11) is 0. The second-order valence-electron chi connectivity index (χ2n) is 4.16. The van der Waals surface area contributed by atoms with Gasteiger partial charge in [0.1, 0.15) is 5.01 Å². The molecular formula is C12H12N2O2S. The van der Waals surface area contributed by atoms with Gasteiger partial charge in [-0.05, 0) is 31.5 Å². The zero-order chi connectivity index (χ0) is 11.8. The Hall–Kier alpha value is -1.46. The van der Waals surface area contributed by atoms with Crippen molar-refractivity contribution in [2.45, 2.75) is 18.9 Å². The van der Waals surface area contributed by atoms with Gasteiger partial charge in [-0.3, -0.25) is 0 Å². The average Bonchev–Trinajstić information content (AvgIpc) is 2.96. The summed E-state index contributed by atoms with van der Waals surface area (Å²) in [5, 5.41) is 13.5. The highest BCUT2D eigenvalue weighted by atomic mass is 32.1. The molecule has 2 aromatic rings. The molecule has 1 atom stereocenters. The van der Waals surface area contributed by atoms with E-state index < -0.39 is 5.97 Å². The summed E-state index contributed by atoms with van der Waals surface area (Å²) >= 11 is 1.50. The van der Waals surface area contributed by atoms with Crippen LogP contribution in [0.15, 0.2) is 18.2 Å². The standard InChI is InChI=1S/C12H12N2O2S/c15-12(16)7-3-1-4-8-10(7)17-11(14-8)9-5-2-6-13-9/h1,3-4,9,13H,2,5-6H2,(H,15,16)/t9-/m0/s1. The number of hydrogen-bond donors (Lipinski definition) is 2. The predicted molar refractivity (Wildman–Crippen MR) is 66.6 cm³/mol. The van der Waals surface area contributed by atoms with Gasteiger partial charge in [0.05, 0.1) is 21.8 Å². The molecule has 4 nitrogen and oxygen atoms in total. The number of thiazole rings is 1. The molecule has 1 fully saturated rings. The minimum Gasteiger partial charge on any atom is -0.478 e. The summed E-state index contributed by atoms with van der Waals surface area (Å²) in [4.78, 5) is 15.6. The van der Waals surface area contributed by atoms with Crippen LogP contribution in [0.3, 0.4) is 0 Å². The van der Waals surface area contributed by atoms with Crippen LogP contribution in [0, 0.1) is 0 Å². The maximum absolute atomic E-state index is 11.1. The van der Waals surface area contributed by atoms with E-state index in [-0.39, 0.29) is 0 Å². The van der Waals surface area contributed by atoms with E-state index in [1.165, 1.54) is 11.3 Å². The van der Waals surface area contributed by atoms with Crippen LogP contribution in [0.25, 0.3) is 10.2 Å². The zero-order valence-electron chi connectivity index (χ0n) is 9.14. The largest absolute Gasteiger partial charge is 0.478 e. The molecule has 0 amide bonds. The normalized spacial score (nSPS) is 19.9. The van der Waals surface area contributed by atoms with Crippen LogP contribution in [0.2, 0.25) is 0 Å². The first-order valence-corrected chi connectivity index (χ1v) is 6.43. The van der Waals surface area contributed by atoms with Gasteiger partial charge >= 0.3 is 5.97 Å². The number of aromatic carboxylic acids is 1. The van der Waals surface area contributed by atoms with Crippen molar-refractivity contribution in [3.05, 3.63) is 28.8 Å². The molecule has 1 aromatic carbocycles. The van der Waals surface area contributed by atoms with Crippen LogP contribution < -0.4 is 5.32 Å². The first kappa shape index (κ1) is 10.7. The molecule has 0 spiro atoms. The third-order valence-corrected chi connectivity index (χ3v) is 4.24. The Labute approximate surface area is 102 Å². The van der Waals surface area contributed by atoms with E-state index in [9.17, 15) is 4.79 Å². The molecule has 2 heterocycles. The lowest BCUT2D eigenvalue weighted by molar-refractivity contribution is 0.0699. The molecule has 88 valence electrons. The monoisotopic (exact) mass is 248 g/mol. The highest BCUT2D eigenvalue weighted by Crippen LogP contribution is 2.32. The van der Waals surface area contributed by atoms with Crippen molar-refractivity contribution in [2.75, 3.05) is 6.54 Å². The quantitative estimate of drug-likeness (QED) is 0.856. The number of hydrogen-bond acceptors (Lipinski definition) is 4. The van der Waals surface area contributed by atoms with Gasteiger partial charge < -0.3 is 10.4 Å². The number of carboxylic acids is 1. The summed E-state index contributed by atoms with van der Waals surface area (Å²) in [6, 6.07) is 5.55. The summed E-state index contributed by atoms with van der Waals surface area (Å²) in [6.07, 6.45) is 2.24. The Morgan fingerprint density at radius 3 is 3.12 bits per heavy atom. The predicted octanol–water partition coefficient (Wildman–Crippen LogP) is 2.42. The summed E-state index contributed by atoms with van der Waals surface area (Å²) in [5.41, 5.74) is 1.14. The Bertz CT molecular complexity index is 573. The number of rotatable bonds is 2. The summed E-state index contributed by atoms with van der Waals surface area (Å²) < 4.78 is 0.781. The van der Waals surface area contributed by atoms with Crippen molar-refractivity contribution in [1.82, 2.24) is 10.3 Å². The molecular weight excluding hydrogens is 236 g/mol. The zero-order valence-corrected chi connectivity index (χ0v) is 9.96. The number of carbonyl (C=O) groups is 1. The van der Waals surface area contributed by atoms with E-state index >= 15 is 0 Å². The van der Waals surface area contributed by atoms with Crippen LogP contribution in [-0.4, -0.2) is 22.6 Å². The van der Waals surface area contributed by atoms with Gasteiger partial charge in [0.25, 0.3) is 0 Å². The Balaban J connectivity index is 2.11. The molecule has 5 heteroatoms. The molecule has 2 N–H and O–H groups in total. The Morgan fingerprint density at radius 2 is 2.41 bits per heavy atom. The van der Waals surface area contributed by atoms with E-state index in [0.29, 0.717) is 11.6 Å². The maximum atomic E-state index is 11.1. The molecule has 1 aliphatic rings. The van der Waals surface area contributed by atoms with Gasteiger partial charge in [-0.25, -0.2) is 9.78 Å². The number of nitrogens with one attached hydrogen (secondary N) is 1. The van der Waals surface area contributed by atoms with Crippen LogP contribution in [-0.2, 0) is 0 Å². The molecule has 0 bridgehead atoms. The van der Waals surface area contributed by atoms with E-state index in [1.807, 2.05) is 6.07 Å². The van der Waals surface area contributed by atoms with Gasteiger partial charge in [0.15, 0.2) is 0 Å². The molecule has 3 rings (SSSR count). The molecule has 1 saturated heterocycles. The van der Waals surface area contributed by atoms with Crippen molar-refractivity contribution in [2.24, 2.45) is 0 Å². The summed E-state index contributed by atoms with van der Waals surface area (Å²) in [5.74, 6) is -0.884. The van der Waals surface area contributed by atoms with Crippen LogP contribution in [0.1, 0.15) is 34.2 Å². The number of nitrogens with zero attached hydrogens (tertiary/aromatic N) is 1. The second-order valence-corrected chi connectivity index (χ2v) is 5.19. The minimum atomic E-state index is -0.884. The fourth-order valence-electron chi connectivity index (χ4n) is 2.18. The first-order chi connectivity index (χ1) is 8.25. The fraction of sp³-hybridized carbons (Fsp3) is 0.333. The molecule has 0 saturated carbocycles. The van der Waals surface area contributed by atoms with Crippen LogP contribution in [0.5, 0.6) is 0 Å². The number of carboxylic acid groups (broad SMARTS) is 1. The highest BCUT2D eigenvalue weighted by molar-refractivity contribution is 7.19. The molecule has 1 aromatic heterocycles. The first-order valence-electron chi connectivity index (χ1n) is 5.62. The van der Waals surface area contributed by atoms with Crippen LogP contribution >= 0.6 is 11.3 Å². The van der Waals surface area contributed by atoms with E-state index in [1.54, 1.807) is 12.1 Å². The Kier molecular flexibility index (Phi) is 2.57. The van der Waals surface area contributed by atoms with Gasteiger partial charge in [0, 0.05) is 0 Å².